The fourth-order valence-electron chi connectivity index (χ4n) is 4.74. The Morgan fingerprint density at radius 3 is 2.20 bits per heavy atom. The Morgan fingerprint density at radius 1 is 1.02 bits per heavy atom. The molecule has 0 bridgehead atoms. The molecular weight excluding hydrogens is 506 g/mol. The summed E-state index contributed by atoms with van der Waals surface area (Å²) < 4.78 is 11.3. The van der Waals surface area contributed by atoms with E-state index in [9.17, 15) is 14.7 Å². The lowest BCUT2D eigenvalue weighted by Crippen LogP contribution is -2.46. The van der Waals surface area contributed by atoms with Crippen LogP contribution in [-0.2, 0) is 20.7 Å². The van der Waals surface area contributed by atoms with Crippen molar-refractivity contribution < 1.29 is 24.2 Å². The number of aliphatic hydroxyl groups is 1. The summed E-state index contributed by atoms with van der Waals surface area (Å²) in [4.78, 5) is 24.6. The summed E-state index contributed by atoms with van der Waals surface area (Å²) in [5, 5.41) is 13.9. The highest BCUT2D eigenvalue weighted by molar-refractivity contribution is 5.83. The molecule has 8 heteroatoms. The quantitative estimate of drug-likeness (QED) is 0.184. The number of nitrogens with two attached hydrogens (primary N) is 2. The lowest BCUT2D eigenvalue weighted by atomic mass is 9.80. The van der Waals surface area contributed by atoms with Gasteiger partial charge in [0.1, 0.15) is 5.75 Å². The monoisotopic (exact) mass is 563 g/mol. The van der Waals surface area contributed by atoms with E-state index in [0.717, 1.165) is 18.6 Å². The topological polar surface area (TPSA) is 137 Å². The van der Waals surface area contributed by atoms with Gasteiger partial charge in [0.05, 0.1) is 18.1 Å². The summed E-state index contributed by atoms with van der Waals surface area (Å²) >= 11 is 0. The summed E-state index contributed by atoms with van der Waals surface area (Å²) in [5.74, 6) is 0.779. The molecule has 40 heavy (non-hydrogen) atoms. The zero-order valence-electron chi connectivity index (χ0n) is 26.5. The zero-order chi connectivity index (χ0) is 30.6. The standard InChI is InChI=1S/C32H57N3O5/c1-20(2)24(15-23-11-12-25(21(3)4)29(16-23)40-14-10-13-39-9)17-27(33)28(36)18-26(22(5)6)30(37)35-19-32(7,8)31(34)38/h11-12,16,20-22,24,26-28,36H,10,13-15,17-19,33H2,1-9H3,(H2,34,38)(H,35,37)/t24-,26-,27-,28-/m0/s1. The first-order valence-electron chi connectivity index (χ1n) is 14.9. The first-order chi connectivity index (χ1) is 18.6. The molecule has 0 saturated carbocycles. The van der Waals surface area contributed by atoms with Gasteiger partial charge in [-0.2, -0.15) is 0 Å². The summed E-state index contributed by atoms with van der Waals surface area (Å²) in [6.07, 6.45) is 1.72. The lowest BCUT2D eigenvalue weighted by molar-refractivity contribution is -0.130. The van der Waals surface area contributed by atoms with Gasteiger partial charge in [-0.25, -0.2) is 0 Å². The third-order valence-electron chi connectivity index (χ3n) is 7.97. The highest BCUT2D eigenvalue weighted by Gasteiger charge is 2.32. The molecule has 1 aromatic rings. The molecule has 4 atom stereocenters. The van der Waals surface area contributed by atoms with E-state index in [1.807, 2.05) is 13.8 Å². The molecule has 0 heterocycles. The Balaban J connectivity index is 2.92. The molecule has 2 amide bonds. The van der Waals surface area contributed by atoms with Crippen LogP contribution in [0.4, 0.5) is 0 Å². The number of primary amides is 1. The van der Waals surface area contributed by atoms with E-state index in [4.69, 9.17) is 20.9 Å². The molecule has 230 valence electrons. The van der Waals surface area contributed by atoms with E-state index >= 15 is 0 Å². The van der Waals surface area contributed by atoms with E-state index in [2.05, 4.69) is 51.2 Å². The smallest absolute Gasteiger partial charge is 0.224 e. The fraction of sp³-hybridized carbons (Fsp3) is 0.750. The zero-order valence-corrected chi connectivity index (χ0v) is 26.5. The van der Waals surface area contributed by atoms with Gasteiger partial charge in [0.15, 0.2) is 0 Å². The van der Waals surface area contributed by atoms with Crippen molar-refractivity contribution in [1.82, 2.24) is 5.32 Å². The number of amides is 2. The minimum absolute atomic E-state index is 0.00113. The molecule has 0 spiro atoms. The summed E-state index contributed by atoms with van der Waals surface area (Å²) in [6.45, 7) is 17.4. The highest BCUT2D eigenvalue weighted by atomic mass is 16.5. The molecule has 0 aliphatic carbocycles. The highest BCUT2D eigenvalue weighted by Crippen LogP contribution is 2.31. The SMILES string of the molecule is COCCCOc1cc(C[C@@H](C[C@H](N)[C@@H](O)C[C@H](C(=O)NCC(C)(C)C(N)=O)C(C)C)C(C)C)ccc1C(C)C. The van der Waals surface area contributed by atoms with Crippen LogP contribution in [0.15, 0.2) is 18.2 Å². The maximum atomic E-state index is 13.0. The number of nitrogens with one attached hydrogen (secondary N) is 1. The lowest BCUT2D eigenvalue weighted by Gasteiger charge is -2.30. The van der Waals surface area contributed by atoms with E-state index < -0.39 is 29.4 Å². The van der Waals surface area contributed by atoms with Crippen LogP contribution in [0.5, 0.6) is 5.75 Å². The molecule has 0 aliphatic heterocycles. The van der Waals surface area contributed by atoms with Crippen molar-refractivity contribution in [2.24, 2.45) is 40.6 Å². The van der Waals surface area contributed by atoms with Gasteiger partial charge in [0.2, 0.25) is 11.8 Å². The number of ether oxygens (including phenoxy) is 2. The second kappa shape index (κ2) is 16.9. The van der Waals surface area contributed by atoms with Gasteiger partial charge >= 0.3 is 0 Å². The molecule has 0 saturated heterocycles. The number of carbonyl (C=O) groups excluding carboxylic acids is 2. The number of hydrogen-bond acceptors (Lipinski definition) is 6. The molecule has 0 aliphatic rings. The van der Waals surface area contributed by atoms with Gasteiger partial charge < -0.3 is 31.4 Å². The van der Waals surface area contributed by atoms with Crippen molar-refractivity contribution in [3.05, 3.63) is 29.3 Å². The van der Waals surface area contributed by atoms with Crippen molar-refractivity contribution in [3.8, 4) is 5.75 Å². The summed E-state index contributed by atoms with van der Waals surface area (Å²) in [6, 6.07) is 6.00. The second-order valence-corrected chi connectivity index (χ2v) is 12.9. The van der Waals surface area contributed by atoms with Gasteiger partial charge in [-0.05, 0) is 74.0 Å². The molecule has 0 fully saturated rings. The van der Waals surface area contributed by atoms with Crippen molar-refractivity contribution >= 4 is 11.8 Å². The van der Waals surface area contributed by atoms with Gasteiger partial charge in [-0.15, -0.1) is 0 Å². The normalized spacial score (nSPS) is 15.2. The molecule has 1 aromatic carbocycles. The van der Waals surface area contributed by atoms with E-state index in [1.54, 1.807) is 21.0 Å². The Hall–Kier alpha value is -2.16. The number of aliphatic hydroxyl groups excluding tert-OH is 1. The minimum Gasteiger partial charge on any atom is -0.493 e. The minimum atomic E-state index is -0.848. The van der Waals surface area contributed by atoms with Crippen LogP contribution in [0.2, 0.25) is 0 Å². The molecule has 1 rings (SSSR count). The largest absolute Gasteiger partial charge is 0.493 e. The number of methoxy groups -OCH3 is 1. The molecule has 6 N–H and O–H groups in total. The third-order valence-corrected chi connectivity index (χ3v) is 7.97. The predicted octanol–water partition coefficient (Wildman–Crippen LogP) is 4.41. The third kappa shape index (κ3) is 11.8. The van der Waals surface area contributed by atoms with Crippen molar-refractivity contribution in [2.45, 2.75) is 99.1 Å². The average molecular weight is 564 g/mol. The maximum Gasteiger partial charge on any atom is 0.224 e. The van der Waals surface area contributed by atoms with Crippen LogP contribution in [-0.4, -0.2) is 55.9 Å². The molecule has 8 nitrogen and oxygen atoms in total. The van der Waals surface area contributed by atoms with E-state index in [0.29, 0.717) is 31.5 Å². The predicted molar refractivity (Wildman–Crippen MR) is 162 cm³/mol. The maximum absolute atomic E-state index is 13.0. The van der Waals surface area contributed by atoms with Crippen LogP contribution in [0.1, 0.15) is 91.7 Å². The van der Waals surface area contributed by atoms with Crippen LogP contribution < -0.4 is 21.5 Å². The van der Waals surface area contributed by atoms with Gasteiger partial charge in [-0.3, -0.25) is 9.59 Å². The fourth-order valence-corrected chi connectivity index (χ4v) is 4.74. The van der Waals surface area contributed by atoms with E-state index in [-0.39, 0.29) is 30.7 Å². The number of rotatable bonds is 19. The van der Waals surface area contributed by atoms with Crippen molar-refractivity contribution in [3.63, 3.8) is 0 Å². The molecule has 0 aromatic heterocycles. The molecule has 0 unspecified atom stereocenters. The Kier molecular flexibility index (Phi) is 15.2. The first-order valence-corrected chi connectivity index (χ1v) is 14.9. The molecular formula is C32H57N3O5. The number of carbonyl (C=O) groups is 2. The van der Waals surface area contributed by atoms with Gasteiger partial charge in [0, 0.05) is 38.6 Å². The van der Waals surface area contributed by atoms with Crippen LogP contribution in [0, 0.1) is 29.1 Å². The Labute approximate surface area is 242 Å². The summed E-state index contributed by atoms with van der Waals surface area (Å²) in [7, 11) is 1.69. The molecule has 0 radical (unpaired) electrons. The first kappa shape index (κ1) is 35.9. The second-order valence-electron chi connectivity index (χ2n) is 12.9. The Morgan fingerprint density at radius 2 is 1.68 bits per heavy atom. The number of hydrogen-bond donors (Lipinski definition) is 4. The van der Waals surface area contributed by atoms with E-state index in [1.165, 1.54) is 11.1 Å². The van der Waals surface area contributed by atoms with Crippen molar-refractivity contribution in [1.29, 1.82) is 0 Å². The number of benzene rings is 1. The van der Waals surface area contributed by atoms with Crippen LogP contribution in [0.25, 0.3) is 0 Å². The Bertz CT molecular complexity index is 916. The van der Waals surface area contributed by atoms with Gasteiger partial charge in [0.25, 0.3) is 0 Å². The summed E-state index contributed by atoms with van der Waals surface area (Å²) in [5.41, 5.74) is 13.5. The van der Waals surface area contributed by atoms with Crippen LogP contribution >= 0.6 is 0 Å². The van der Waals surface area contributed by atoms with Gasteiger partial charge in [-0.1, -0.05) is 53.7 Å². The van der Waals surface area contributed by atoms with Crippen LogP contribution in [0.3, 0.4) is 0 Å². The average Bonchev–Trinajstić information content (AvgIpc) is 2.87. The van der Waals surface area contributed by atoms with Crippen molar-refractivity contribution in [2.75, 3.05) is 26.9 Å².